The molecule has 4 aromatic rings. The molecule has 0 amide bonds. The van der Waals surface area contributed by atoms with Gasteiger partial charge in [-0.05, 0) is 49.4 Å². The van der Waals surface area contributed by atoms with E-state index in [1.54, 1.807) is 6.92 Å². The Hall–Kier alpha value is -3.16. The Bertz CT molecular complexity index is 1860. The molecule has 5 heterocycles. The zero-order chi connectivity index (χ0) is 32.7. The van der Waals surface area contributed by atoms with Crippen molar-refractivity contribution in [1.82, 2.24) is 14.9 Å². The van der Waals surface area contributed by atoms with Crippen molar-refractivity contribution >= 4 is 54.7 Å². The van der Waals surface area contributed by atoms with Crippen LogP contribution in [-0.2, 0) is 0 Å². The zero-order valence-corrected chi connectivity index (χ0v) is 27.1. The van der Waals surface area contributed by atoms with E-state index in [9.17, 15) is 17.6 Å². The lowest BCUT2D eigenvalue weighted by atomic mass is 9.95. The number of hydrogen-bond acceptors (Lipinski definition) is 8. The molecule has 2 N–H and O–H groups in total. The van der Waals surface area contributed by atoms with E-state index in [1.807, 2.05) is 13.8 Å². The van der Waals surface area contributed by atoms with Crippen molar-refractivity contribution in [2.75, 3.05) is 43.5 Å². The SMILES string of the molecule is Cc1c(N)sc2c(F)ccc(-c3c(Cl)c4c5c(nc(OC[C@@]67CCCN6C[C@H](F)C7)nc5c3F)N(CC(F)F)C(C(C)C)CO4)c12. The number of benzene rings is 2. The zero-order valence-electron chi connectivity index (χ0n) is 25.5. The van der Waals surface area contributed by atoms with Crippen molar-refractivity contribution in [1.29, 1.82) is 0 Å². The minimum atomic E-state index is -2.75. The summed E-state index contributed by atoms with van der Waals surface area (Å²) in [7, 11) is 0. The molecule has 7 nitrogen and oxygen atoms in total. The van der Waals surface area contributed by atoms with E-state index in [1.165, 1.54) is 17.0 Å². The van der Waals surface area contributed by atoms with Gasteiger partial charge in [-0.2, -0.15) is 9.97 Å². The molecule has 2 fully saturated rings. The third-order valence-electron chi connectivity index (χ3n) is 9.68. The molecule has 0 radical (unpaired) electrons. The Kier molecular flexibility index (Phi) is 7.87. The van der Waals surface area contributed by atoms with Gasteiger partial charge in [-0.3, -0.25) is 4.90 Å². The fraction of sp³-hybridized carbons (Fsp3) is 0.500. The smallest absolute Gasteiger partial charge is 0.319 e. The van der Waals surface area contributed by atoms with Gasteiger partial charge in [-0.1, -0.05) is 31.5 Å². The van der Waals surface area contributed by atoms with Crippen LogP contribution in [0.15, 0.2) is 12.1 Å². The van der Waals surface area contributed by atoms with E-state index in [-0.39, 0.29) is 74.9 Å². The lowest BCUT2D eigenvalue weighted by molar-refractivity contribution is 0.107. The maximum absolute atomic E-state index is 17.0. The Labute approximate surface area is 271 Å². The summed E-state index contributed by atoms with van der Waals surface area (Å²) >= 11 is 8.01. The molecule has 2 aromatic carbocycles. The minimum Gasteiger partial charge on any atom is -0.489 e. The van der Waals surface area contributed by atoms with Gasteiger partial charge >= 0.3 is 6.01 Å². The van der Waals surface area contributed by atoms with Crippen LogP contribution in [0.2, 0.25) is 5.02 Å². The Morgan fingerprint density at radius 3 is 2.74 bits per heavy atom. The van der Waals surface area contributed by atoms with Crippen LogP contribution in [-0.4, -0.2) is 71.9 Å². The number of aromatic nitrogens is 2. The summed E-state index contributed by atoms with van der Waals surface area (Å²) in [4.78, 5) is 12.5. The summed E-state index contributed by atoms with van der Waals surface area (Å²) in [6.45, 7) is 5.80. The van der Waals surface area contributed by atoms with E-state index in [0.717, 1.165) is 30.7 Å². The van der Waals surface area contributed by atoms with Crippen LogP contribution in [0.25, 0.3) is 32.1 Å². The summed E-state index contributed by atoms with van der Waals surface area (Å²) in [6, 6.07) is 1.83. The second-order valence-corrected chi connectivity index (χ2v) is 14.2. The van der Waals surface area contributed by atoms with Gasteiger partial charge in [0.05, 0.1) is 38.2 Å². The van der Waals surface area contributed by atoms with E-state index in [4.69, 9.17) is 26.8 Å². The van der Waals surface area contributed by atoms with E-state index >= 15 is 4.39 Å². The number of anilines is 2. The largest absolute Gasteiger partial charge is 0.489 e. The molecule has 2 saturated heterocycles. The molecule has 2 aromatic heterocycles. The summed E-state index contributed by atoms with van der Waals surface area (Å²) in [6.07, 6.45) is -1.86. The van der Waals surface area contributed by atoms with E-state index < -0.39 is 42.4 Å². The average Bonchev–Trinajstić information content (AvgIpc) is 3.59. The van der Waals surface area contributed by atoms with Crippen molar-refractivity contribution in [3.8, 4) is 22.9 Å². The number of nitrogens with two attached hydrogens (primary N) is 1. The molecular weight excluding hydrogens is 649 g/mol. The maximum atomic E-state index is 17.0. The maximum Gasteiger partial charge on any atom is 0.319 e. The molecule has 0 saturated carbocycles. The molecule has 1 unspecified atom stereocenters. The standard InChI is InChI=1S/C32H33ClF5N5O2S/c1-14(2)19-12-44-27-23-26(25(38)22(24(27)33)17-5-6-18(35)28-21(17)15(3)29(39)46-28)40-31(41-30(23)43(19)11-20(36)37)45-13-32-7-4-8-42(32)10-16(34)9-32/h5-6,14,16,19-20H,4,7-13,39H2,1-3H3/t16-,19?,32+/m1/s1. The third-order valence-corrected chi connectivity index (χ3v) is 11.2. The van der Waals surface area contributed by atoms with Crippen molar-refractivity contribution < 1.29 is 31.4 Å². The highest BCUT2D eigenvalue weighted by molar-refractivity contribution is 7.23. The van der Waals surface area contributed by atoms with E-state index in [2.05, 4.69) is 14.9 Å². The van der Waals surface area contributed by atoms with Gasteiger partial charge < -0.3 is 20.1 Å². The number of hydrogen-bond donors (Lipinski definition) is 1. The molecule has 0 aliphatic carbocycles. The topological polar surface area (TPSA) is 76.7 Å². The van der Waals surface area contributed by atoms with Crippen molar-refractivity contribution in [3.63, 3.8) is 0 Å². The van der Waals surface area contributed by atoms with Crippen LogP contribution in [0.3, 0.4) is 0 Å². The van der Waals surface area contributed by atoms with Crippen molar-refractivity contribution in [2.24, 2.45) is 5.92 Å². The van der Waals surface area contributed by atoms with Crippen LogP contribution in [0.4, 0.5) is 32.8 Å². The fourth-order valence-electron chi connectivity index (χ4n) is 7.41. The number of fused-ring (bicyclic) bond motifs is 2. The summed E-state index contributed by atoms with van der Waals surface area (Å²) < 4.78 is 87.3. The molecule has 3 aliphatic heterocycles. The Morgan fingerprint density at radius 2 is 2.00 bits per heavy atom. The first-order valence-corrected chi connectivity index (χ1v) is 16.5. The number of alkyl halides is 3. The van der Waals surface area contributed by atoms with Crippen LogP contribution in [0.1, 0.15) is 38.7 Å². The molecule has 246 valence electrons. The van der Waals surface area contributed by atoms with Crippen LogP contribution >= 0.6 is 22.9 Å². The average molecular weight is 682 g/mol. The van der Waals surface area contributed by atoms with Gasteiger partial charge in [0.2, 0.25) is 0 Å². The Morgan fingerprint density at radius 1 is 1.22 bits per heavy atom. The van der Waals surface area contributed by atoms with Gasteiger partial charge in [0.15, 0.2) is 11.6 Å². The highest BCUT2D eigenvalue weighted by Crippen LogP contribution is 2.51. The number of nitrogens with zero attached hydrogens (tertiary/aromatic N) is 4. The molecule has 7 rings (SSSR count). The number of rotatable bonds is 7. The summed E-state index contributed by atoms with van der Waals surface area (Å²) in [5.41, 5.74) is 6.12. The number of nitrogen functional groups attached to an aromatic ring is 1. The third kappa shape index (κ3) is 4.92. The molecule has 46 heavy (non-hydrogen) atoms. The molecule has 3 aliphatic rings. The lowest BCUT2D eigenvalue weighted by Gasteiger charge is -2.34. The molecule has 0 spiro atoms. The number of thiophene rings is 1. The minimum absolute atomic E-state index is 0.00892. The van der Waals surface area contributed by atoms with Gasteiger partial charge in [-0.25, -0.2) is 22.0 Å². The summed E-state index contributed by atoms with van der Waals surface area (Å²) in [5, 5.41) is 0.685. The monoisotopic (exact) mass is 681 g/mol. The van der Waals surface area contributed by atoms with Crippen LogP contribution in [0.5, 0.6) is 11.8 Å². The highest BCUT2D eigenvalue weighted by atomic mass is 35.5. The molecular formula is C32H33ClF5N5O2S. The molecule has 14 heteroatoms. The first-order chi connectivity index (χ1) is 21.9. The summed E-state index contributed by atoms with van der Waals surface area (Å²) in [5.74, 6) is -1.52. The first-order valence-electron chi connectivity index (χ1n) is 15.3. The molecule has 0 bridgehead atoms. The number of halogens is 6. The van der Waals surface area contributed by atoms with Gasteiger partial charge in [0.1, 0.15) is 36.5 Å². The van der Waals surface area contributed by atoms with E-state index in [0.29, 0.717) is 22.5 Å². The predicted octanol–water partition coefficient (Wildman–Crippen LogP) is 7.78. The fourth-order valence-corrected chi connectivity index (χ4v) is 8.75. The van der Waals surface area contributed by atoms with Crippen molar-refractivity contribution in [3.05, 3.63) is 34.4 Å². The first kappa shape index (κ1) is 31.4. The van der Waals surface area contributed by atoms with Crippen LogP contribution < -0.4 is 20.1 Å². The quantitative estimate of drug-likeness (QED) is 0.200. The second kappa shape index (κ2) is 11.5. The second-order valence-electron chi connectivity index (χ2n) is 12.8. The predicted molar refractivity (Wildman–Crippen MR) is 170 cm³/mol. The number of aryl methyl sites for hydroxylation is 1. The van der Waals surface area contributed by atoms with Crippen LogP contribution in [0, 0.1) is 24.5 Å². The highest BCUT2D eigenvalue weighted by Gasteiger charge is 2.49. The van der Waals surface area contributed by atoms with Gasteiger partial charge in [0.25, 0.3) is 6.43 Å². The van der Waals surface area contributed by atoms with Crippen molar-refractivity contribution in [2.45, 2.75) is 64.2 Å². The van der Waals surface area contributed by atoms with Gasteiger partial charge in [-0.15, -0.1) is 11.3 Å². The molecule has 3 atom stereocenters. The number of ether oxygens (including phenoxy) is 2. The normalized spacial score (nSPS) is 23.2. The Balaban J connectivity index is 1.47. The van der Waals surface area contributed by atoms with Gasteiger partial charge in [0, 0.05) is 23.9 Å². The lowest BCUT2D eigenvalue weighted by Crippen LogP contribution is -2.45.